The SMILES string of the molecule is C[Si](C)(C)CC(CO)CO. The van der Waals surface area contributed by atoms with Crippen LogP contribution < -0.4 is 0 Å². The molecule has 10 heavy (non-hydrogen) atoms. The lowest BCUT2D eigenvalue weighted by Crippen LogP contribution is -2.27. The van der Waals surface area contributed by atoms with Crippen LogP contribution in [0.2, 0.25) is 25.7 Å². The minimum atomic E-state index is -1.08. The molecule has 62 valence electrons. The molecule has 2 nitrogen and oxygen atoms in total. The highest BCUT2D eigenvalue weighted by Gasteiger charge is 2.18. The minimum absolute atomic E-state index is 0.117. The quantitative estimate of drug-likeness (QED) is 0.604. The molecule has 0 aliphatic rings. The Balaban J connectivity index is 3.63. The Bertz CT molecular complexity index is 84.1. The van der Waals surface area contributed by atoms with Gasteiger partial charge in [-0.1, -0.05) is 25.7 Å². The van der Waals surface area contributed by atoms with Crippen molar-refractivity contribution in [3.63, 3.8) is 0 Å². The molecule has 0 radical (unpaired) electrons. The van der Waals surface area contributed by atoms with Gasteiger partial charge < -0.3 is 10.2 Å². The second-order valence-electron chi connectivity index (χ2n) is 4.00. The van der Waals surface area contributed by atoms with Gasteiger partial charge in [0.1, 0.15) is 0 Å². The van der Waals surface area contributed by atoms with E-state index >= 15 is 0 Å². The zero-order valence-electron chi connectivity index (χ0n) is 7.09. The summed E-state index contributed by atoms with van der Waals surface area (Å²) in [7, 11) is -1.08. The summed E-state index contributed by atoms with van der Waals surface area (Å²) in [6.07, 6.45) is 0. The normalized spacial score (nSPS) is 12.6. The largest absolute Gasteiger partial charge is 0.396 e. The molecule has 0 bridgehead atoms. The Kier molecular flexibility index (Phi) is 4.16. The summed E-state index contributed by atoms with van der Waals surface area (Å²) in [4.78, 5) is 0. The molecular weight excluding hydrogens is 144 g/mol. The molecule has 0 aromatic carbocycles. The van der Waals surface area contributed by atoms with E-state index < -0.39 is 8.07 Å². The molecule has 0 saturated carbocycles. The summed E-state index contributed by atoms with van der Waals surface area (Å²) in [5.41, 5.74) is 0. The third-order valence-electron chi connectivity index (χ3n) is 1.42. The molecule has 0 rings (SSSR count). The van der Waals surface area contributed by atoms with Crippen molar-refractivity contribution in [1.29, 1.82) is 0 Å². The topological polar surface area (TPSA) is 40.5 Å². The maximum absolute atomic E-state index is 8.75. The monoisotopic (exact) mass is 162 g/mol. The van der Waals surface area contributed by atoms with Gasteiger partial charge in [0, 0.05) is 27.2 Å². The van der Waals surface area contributed by atoms with Crippen LogP contribution in [0.5, 0.6) is 0 Å². The summed E-state index contributed by atoms with van der Waals surface area (Å²) in [5, 5.41) is 17.5. The fourth-order valence-electron chi connectivity index (χ4n) is 1.05. The predicted molar refractivity (Wildman–Crippen MR) is 45.8 cm³/mol. The number of aliphatic hydroxyl groups excluding tert-OH is 2. The smallest absolute Gasteiger partial charge is 0.0478 e. The molecule has 0 heterocycles. The van der Waals surface area contributed by atoms with E-state index in [4.69, 9.17) is 10.2 Å². The first kappa shape index (κ1) is 10.1. The number of aliphatic hydroxyl groups is 2. The van der Waals surface area contributed by atoms with Crippen LogP contribution in [0, 0.1) is 5.92 Å². The molecule has 3 heteroatoms. The third-order valence-corrected chi connectivity index (χ3v) is 3.22. The summed E-state index contributed by atoms with van der Waals surface area (Å²) >= 11 is 0. The van der Waals surface area contributed by atoms with Crippen LogP contribution in [0.25, 0.3) is 0 Å². The molecule has 0 spiro atoms. The van der Waals surface area contributed by atoms with Crippen molar-refractivity contribution in [2.75, 3.05) is 13.2 Å². The van der Waals surface area contributed by atoms with Gasteiger partial charge in [-0.05, 0) is 0 Å². The van der Waals surface area contributed by atoms with Gasteiger partial charge in [0.05, 0.1) is 0 Å². The first-order valence-corrected chi connectivity index (χ1v) is 7.42. The first-order chi connectivity index (χ1) is 4.49. The van der Waals surface area contributed by atoms with Gasteiger partial charge in [-0.15, -0.1) is 0 Å². The molecule has 0 atom stereocenters. The molecule has 0 unspecified atom stereocenters. The molecule has 0 saturated heterocycles. The highest BCUT2D eigenvalue weighted by atomic mass is 28.3. The Morgan fingerprint density at radius 3 is 1.60 bits per heavy atom. The van der Waals surface area contributed by atoms with Crippen molar-refractivity contribution < 1.29 is 10.2 Å². The predicted octanol–water partition coefficient (Wildman–Crippen LogP) is 0.925. The molecule has 0 fully saturated rings. The van der Waals surface area contributed by atoms with Gasteiger partial charge in [-0.2, -0.15) is 0 Å². The van der Waals surface area contributed by atoms with Crippen molar-refractivity contribution in [1.82, 2.24) is 0 Å². The van der Waals surface area contributed by atoms with Crippen molar-refractivity contribution in [2.24, 2.45) is 5.92 Å². The number of hydrogen-bond donors (Lipinski definition) is 2. The van der Waals surface area contributed by atoms with E-state index in [-0.39, 0.29) is 19.1 Å². The molecule has 2 N–H and O–H groups in total. The standard InChI is InChI=1S/C7H18O2Si/c1-10(2,3)6-7(4-8)5-9/h7-9H,4-6H2,1-3H3. The summed E-state index contributed by atoms with van der Waals surface area (Å²) in [6, 6.07) is 1.01. The molecule has 0 aliphatic carbocycles. The third kappa shape index (κ3) is 4.96. The Morgan fingerprint density at radius 2 is 1.50 bits per heavy atom. The molecule has 0 amide bonds. The van der Waals surface area contributed by atoms with Crippen molar-refractivity contribution in [2.45, 2.75) is 25.7 Å². The second-order valence-corrected chi connectivity index (χ2v) is 9.53. The van der Waals surface area contributed by atoms with Crippen LogP contribution in [0.3, 0.4) is 0 Å². The zero-order valence-corrected chi connectivity index (χ0v) is 8.09. The maximum atomic E-state index is 8.75. The average molecular weight is 162 g/mol. The van der Waals surface area contributed by atoms with E-state index in [1.807, 2.05) is 0 Å². The van der Waals surface area contributed by atoms with E-state index in [1.54, 1.807) is 0 Å². The lowest BCUT2D eigenvalue weighted by molar-refractivity contribution is 0.161. The van der Waals surface area contributed by atoms with Gasteiger partial charge in [-0.25, -0.2) is 0 Å². The molecule has 0 aromatic rings. The van der Waals surface area contributed by atoms with E-state index in [0.29, 0.717) is 0 Å². The zero-order chi connectivity index (χ0) is 8.20. The number of rotatable bonds is 4. The van der Waals surface area contributed by atoms with Crippen LogP contribution in [0.4, 0.5) is 0 Å². The lowest BCUT2D eigenvalue weighted by Gasteiger charge is -2.20. The van der Waals surface area contributed by atoms with Crippen molar-refractivity contribution >= 4 is 8.07 Å². The van der Waals surface area contributed by atoms with Gasteiger partial charge in [0.15, 0.2) is 0 Å². The van der Waals surface area contributed by atoms with Crippen molar-refractivity contribution in [3.8, 4) is 0 Å². The molecule has 0 aliphatic heterocycles. The van der Waals surface area contributed by atoms with Crippen LogP contribution >= 0.6 is 0 Å². The fourth-order valence-corrected chi connectivity index (χ4v) is 3.04. The minimum Gasteiger partial charge on any atom is -0.396 e. The van der Waals surface area contributed by atoms with Gasteiger partial charge in [0.25, 0.3) is 0 Å². The maximum Gasteiger partial charge on any atom is 0.0478 e. The van der Waals surface area contributed by atoms with Gasteiger partial charge >= 0.3 is 0 Å². The van der Waals surface area contributed by atoms with E-state index in [1.165, 1.54) is 0 Å². The summed E-state index contributed by atoms with van der Waals surface area (Å²) < 4.78 is 0. The summed E-state index contributed by atoms with van der Waals surface area (Å²) in [6.45, 7) is 6.98. The average Bonchev–Trinajstić information content (AvgIpc) is 1.81. The van der Waals surface area contributed by atoms with Crippen molar-refractivity contribution in [3.05, 3.63) is 0 Å². The van der Waals surface area contributed by atoms with E-state index in [9.17, 15) is 0 Å². The fraction of sp³-hybridized carbons (Fsp3) is 1.00. The van der Waals surface area contributed by atoms with Gasteiger partial charge in [-0.3, -0.25) is 0 Å². The van der Waals surface area contributed by atoms with Gasteiger partial charge in [0.2, 0.25) is 0 Å². The molecular formula is C7H18O2Si. The van der Waals surface area contributed by atoms with E-state index in [0.717, 1.165) is 6.04 Å². The van der Waals surface area contributed by atoms with Crippen LogP contribution in [-0.2, 0) is 0 Å². The van der Waals surface area contributed by atoms with E-state index in [2.05, 4.69) is 19.6 Å². The van der Waals surface area contributed by atoms with Crippen LogP contribution in [-0.4, -0.2) is 31.5 Å². The van der Waals surface area contributed by atoms with Crippen LogP contribution in [0.15, 0.2) is 0 Å². The summed E-state index contributed by atoms with van der Waals surface area (Å²) in [5.74, 6) is 0.117. The Labute approximate surface area is 63.9 Å². The number of hydrogen-bond acceptors (Lipinski definition) is 2. The molecule has 0 aromatic heterocycles. The lowest BCUT2D eigenvalue weighted by atomic mass is 10.2. The second kappa shape index (κ2) is 4.11. The highest BCUT2D eigenvalue weighted by Crippen LogP contribution is 2.15. The first-order valence-electron chi connectivity index (χ1n) is 3.71. The highest BCUT2D eigenvalue weighted by molar-refractivity contribution is 6.76. The Morgan fingerprint density at radius 1 is 1.10 bits per heavy atom. The van der Waals surface area contributed by atoms with Crippen LogP contribution in [0.1, 0.15) is 0 Å². The Hall–Kier alpha value is 0.137.